The van der Waals surface area contributed by atoms with Crippen LogP contribution in [0, 0.1) is 5.92 Å². The first-order valence-corrected chi connectivity index (χ1v) is 14.6. The molecule has 1 N–H and O–H groups in total. The van der Waals surface area contributed by atoms with E-state index < -0.39 is 15.9 Å². The topological polar surface area (TPSA) is 110 Å². The van der Waals surface area contributed by atoms with Gasteiger partial charge in [-0.3, -0.25) is 9.59 Å². The van der Waals surface area contributed by atoms with Crippen molar-refractivity contribution in [2.45, 2.75) is 45.1 Å². The molecule has 1 aliphatic heterocycles. The lowest BCUT2D eigenvalue weighted by molar-refractivity contribution is -0.114. The van der Waals surface area contributed by atoms with Crippen molar-refractivity contribution in [1.82, 2.24) is 8.87 Å². The van der Waals surface area contributed by atoms with Crippen LogP contribution in [0.5, 0.6) is 0 Å². The molecule has 0 unspecified atom stereocenters. The number of hydrogen-bond acceptors (Lipinski definition) is 6. The van der Waals surface area contributed by atoms with E-state index >= 15 is 0 Å². The van der Waals surface area contributed by atoms with Gasteiger partial charge in [0, 0.05) is 44.4 Å². The lowest BCUT2D eigenvalue weighted by Crippen LogP contribution is -2.37. The third-order valence-corrected chi connectivity index (χ3v) is 9.30. The van der Waals surface area contributed by atoms with Crippen LogP contribution >= 0.6 is 11.3 Å². The van der Waals surface area contributed by atoms with E-state index in [4.69, 9.17) is 4.74 Å². The highest BCUT2D eigenvalue weighted by atomic mass is 32.2. The van der Waals surface area contributed by atoms with Gasteiger partial charge in [0.2, 0.25) is 15.9 Å². The molecule has 1 saturated heterocycles. The first-order valence-electron chi connectivity index (χ1n) is 12.4. The van der Waals surface area contributed by atoms with Gasteiger partial charge in [-0.15, -0.1) is 0 Å². The number of fused-ring (bicyclic) bond motifs is 1. The Morgan fingerprint density at radius 1 is 1.14 bits per heavy atom. The molecular weight excluding hydrogens is 512 g/mol. The van der Waals surface area contributed by atoms with Crippen molar-refractivity contribution in [1.29, 1.82) is 0 Å². The van der Waals surface area contributed by atoms with Crippen LogP contribution in [0.2, 0.25) is 0 Å². The van der Waals surface area contributed by atoms with Gasteiger partial charge in [-0.25, -0.2) is 8.42 Å². The average molecular weight is 545 g/mol. The Morgan fingerprint density at radius 2 is 1.84 bits per heavy atom. The van der Waals surface area contributed by atoms with E-state index in [1.807, 2.05) is 23.6 Å². The van der Waals surface area contributed by atoms with Crippen LogP contribution in [0.4, 0.5) is 5.69 Å². The summed E-state index contributed by atoms with van der Waals surface area (Å²) in [6, 6.07) is 11.5. The maximum absolute atomic E-state index is 13.1. The maximum atomic E-state index is 13.1. The van der Waals surface area contributed by atoms with Crippen LogP contribution in [0.1, 0.15) is 44.0 Å². The summed E-state index contributed by atoms with van der Waals surface area (Å²) in [5, 5.41) is 2.77. The second-order valence-electron chi connectivity index (χ2n) is 9.12. The maximum Gasteiger partial charge on any atom is 0.279 e. The molecule has 0 spiro atoms. The monoisotopic (exact) mass is 544 g/mol. The first kappa shape index (κ1) is 27.2. The van der Waals surface area contributed by atoms with Crippen molar-refractivity contribution < 1.29 is 22.7 Å². The van der Waals surface area contributed by atoms with E-state index in [9.17, 15) is 18.0 Å². The van der Waals surface area contributed by atoms with Crippen LogP contribution in [-0.2, 0) is 26.1 Å². The second kappa shape index (κ2) is 11.7. The molecular formula is C26H32N4O5S2. The number of carbonyl (C=O) groups is 2. The summed E-state index contributed by atoms with van der Waals surface area (Å²) in [6.45, 7) is 8.06. The minimum Gasteiger partial charge on any atom is -0.380 e. The van der Waals surface area contributed by atoms with Crippen molar-refractivity contribution in [2.75, 3.05) is 31.6 Å². The Kier molecular flexibility index (Phi) is 8.58. The zero-order chi connectivity index (χ0) is 26.6. The number of thiazole rings is 1. The molecule has 0 radical (unpaired) electrons. The molecule has 1 aromatic heterocycles. The average Bonchev–Trinajstić information content (AvgIpc) is 3.20. The van der Waals surface area contributed by atoms with Gasteiger partial charge >= 0.3 is 0 Å². The quantitative estimate of drug-likeness (QED) is 0.433. The number of anilines is 1. The van der Waals surface area contributed by atoms with Crippen LogP contribution in [0.25, 0.3) is 10.2 Å². The van der Waals surface area contributed by atoms with Gasteiger partial charge in [0.15, 0.2) is 4.80 Å². The van der Waals surface area contributed by atoms with Crippen LogP contribution < -0.4 is 10.1 Å². The third-order valence-electron chi connectivity index (χ3n) is 6.35. The van der Waals surface area contributed by atoms with Gasteiger partial charge in [-0.2, -0.15) is 9.30 Å². The van der Waals surface area contributed by atoms with Gasteiger partial charge in [0.1, 0.15) is 0 Å². The number of sulfonamides is 1. The molecule has 1 aliphatic rings. The van der Waals surface area contributed by atoms with Crippen LogP contribution in [-0.4, -0.2) is 55.4 Å². The molecule has 3 aromatic rings. The number of benzene rings is 2. The van der Waals surface area contributed by atoms with E-state index in [0.717, 1.165) is 23.1 Å². The smallest absolute Gasteiger partial charge is 0.279 e. The first-order chi connectivity index (χ1) is 17.7. The lowest BCUT2D eigenvalue weighted by Gasteiger charge is -2.29. The summed E-state index contributed by atoms with van der Waals surface area (Å²) >= 11 is 1.34. The largest absolute Gasteiger partial charge is 0.380 e. The summed E-state index contributed by atoms with van der Waals surface area (Å²) in [5.74, 6) is -0.106. The molecule has 2 aromatic carbocycles. The highest BCUT2D eigenvalue weighted by Gasteiger charge is 2.28. The molecule has 2 amide bonds. The minimum atomic E-state index is -3.59. The zero-order valence-corrected chi connectivity index (χ0v) is 22.9. The Morgan fingerprint density at radius 3 is 2.49 bits per heavy atom. The zero-order valence-electron chi connectivity index (χ0n) is 21.3. The molecule has 37 heavy (non-hydrogen) atoms. The molecule has 0 bridgehead atoms. The van der Waals surface area contributed by atoms with Gasteiger partial charge in [0.05, 0.1) is 21.7 Å². The van der Waals surface area contributed by atoms with E-state index in [0.29, 0.717) is 54.8 Å². The Hall–Kier alpha value is -2.86. The van der Waals surface area contributed by atoms with Crippen molar-refractivity contribution in [3.8, 4) is 0 Å². The van der Waals surface area contributed by atoms with E-state index in [2.05, 4.69) is 17.2 Å². The minimum absolute atomic E-state index is 0.166. The molecule has 9 nitrogen and oxygen atoms in total. The summed E-state index contributed by atoms with van der Waals surface area (Å²) in [4.78, 5) is 29.6. The number of rotatable bonds is 8. The lowest BCUT2D eigenvalue weighted by atomic mass is 10.0. The number of nitrogens with zero attached hydrogens (tertiary/aromatic N) is 3. The fraction of sp³-hybridized carbons (Fsp3) is 0.423. The van der Waals surface area contributed by atoms with Gasteiger partial charge in [-0.1, -0.05) is 18.3 Å². The van der Waals surface area contributed by atoms with Gasteiger partial charge in [0.25, 0.3) is 5.91 Å². The fourth-order valence-corrected chi connectivity index (χ4v) is 6.81. The summed E-state index contributed by atoms with van der Waals surface area (Å²) in [6.07, 6.45) is 1.69. The van der Waals surface area contributed by atoms with E-state index in [1.165, 1.54) is 46.8 Å². The second-order valence-corrected chi connectivity index (χ2v) is 12.1. The van der Waals surface area contributed by atoms with Crippen molar-refractivity contribution >= 4 is 49.1 Å². The predicted molar refractivity (Wildman–Crippen MR) is 144 cm³/mol. The molecule has 11 heteroatoms. The third kappa shape index (κ3) is 6.35. The van der Waals surface area contributed by atoms with E-state index in [1.54, 1.807) is 6.07 Å². The highest BCUT2D eigenvalue weighted by molar-refractivity contribution is 7.89. The standard InChI is InChI=1S/C26H32N4O5S2/c1-4-35-16-15-30-23-10-7-21(27-19(3)31)17-24(23)36-26(30)28-25(32)20-5-8-22(9-6-20)37(33,34)29-13-11-18(2)12-14-29/h5-10,17-18H,4,11-16H2,1-3H3,(H,27,31). The molecule has 0 saturated carbocycles. The SMILES string of the molecule is CCOCCn1c(=NC(=O)c2ccc(S(=O)(=O)N3CCC(C)CC3)cc2)sc2cc(NC(C)=O)ccc21. The number of piperidine rings is 1. The van der Waals surface area contributed by atoms with Gasteiger partial charge < -0.3 is 14.6 Å². The van der Waals surface area contributed by atoms with Gasteiger partial charge in [-0.05, 0) is 68.1 Å². The Balaban J connectivity index is 1.62. The fourth-order valence-electron chi connectivity index (χ4n) is 4.25. The predicted octanol–water partition coefficient (Wildman–Crippen LogP) is 3.86. The van der Waals surface area contributed by atoms with Crippen molar-refractivity contribution in [3.05, 3.63) is 52.8 Å². The number of aromatic nitrogens is 1. The summed E-state index contributed by atoms with van der Waals surface area (Å²) in [7, 11) is -3.59. The highest BCUT2D eigenvalue weighted by Crippen LogP contribution is 2.24. The normalized spacial score (nSPS) is 15.8. The van der Waals surface area contributed by atoms with Crippen molar-refractivity contribution in [3.63, 3.8) is 0 Å². The Bertz CT molecular complexity index is 1450. The molecule has 1 fully saturated rings. The molecule has 198 valence electrons. The van der Waals surface area contributed by atoms with E-state index in [-0.39, 0.29) is 10.8 Å². The number of hydrogen-bond donors (Lipinski definition) is 1. The molecule has 0 aliphatic carbocycles. The summed E-state index contributed by atoms with van der Waals surface area (Å²) < 4.78 is 35.8. The number of amides is 2. The summed E-state index contributed by atoms with van der Waals surface area (Å²) in [5.41, 5.74) is 1.85. The van der Waals surface area contributed by atoms with Crippen LogP contribution in [0.3, 0.4) is 0 Å². The van der Waals surface area contributed by atoms with Crippen molar-refractivity contribution in [2.24, 2.45) is 10.9 Å². The number of carbonyl (C=O) groups excluding carboxylic acids is 2. The number of nitrogens with one attached hydrogen (secondary N) is 1. The Labute approximate surface area is 220 Å². The van der Waals surface area contributed by atoms with Crippen LogP contribution in [0.15, 0.2) is 52.4 Å². The molecule has 0 atom stereocenters. The molecule has 2 heterocycles. The number of ether oxygens (including phenoxy) is 1. The molecule has 4 rings (SSSR count).